The smallest absolute Gasteiger partial charge is 0.276 e. The van der Waals surface area contributed by atoms with E-state index in [0.29, 0.717) is 13.1 Å². The molecule has 1 aliphatic heterocycles. The highest BCUT2D eigenvalue weighted by Crippen LogP contribution is 2.07. The maximum Gasteiger partial charge on any atom is 0.276 e. The van der Waals surface area contributed by atoms with Crippen LogP contribution in [0.3, 0.4) is 0 Å². The summed E-state index contributed by atoms with van der Waals surface area (Å²) in [5.41, 5.74) is 1.33. The minimum atomic E-state index is -3.29. The third-order valence-corrected chi connectivity index (χ3v) is 3.61. The molecule has 0 aromatic heterocycles. The monoisotopic (exact) mass is 247 g/mol. The van der Waals surface area contributed by atoms with Crippen molar-refractivity contribution < 1.29 is 8.42 Å². The van der Waals surface area contributed by atoms with Crippen molar-refractivity contribution >= 4 is 10.2 Å². The van der Waals surface area contributed by atoms with Gasteiger partial charge < -0.3 is 5.32 Å². The van der Waals surface area contributed by atoms with Crippen LogP contribution in [-0.2, 0) is 10.2 Å². The normalized spacial score (nSPS) is 17.2. The molecule has 0 spiro atoms. The molecule has 16 heavy (non-hydrogen) atoms. The molecule has 0 amide bonds. The number of hydrogen-bond donors (Lipinski definition) is 3. The summed E-state index contributed by atoms with van der Waals surface area (Å²) >= 11 is 0. The maximum atomic E-state index is 11.4. The van der Waals surface area contributed by atoms with E-state index in [4.69, 9.17) is 0 Å². The minimum Gasteiger partial charge on any atom is -0.313 e. The van der Waals surface area contributed by atoms with Crippen molar-refractivity contribution in [2.75, 3.05) is 26.2 Å². The van der Waals surface area contributed by atoms with Gasteiger partial charge in [-0.05, 0) is 25.8 Å². The van der Waals surface area contributed by atoms with Crippen molar-refractivity contribution in [2.45, 2.75) is 26.2 Å². The Morgan fingerprint density at radius 1 is 1.38 bits per heavy atom. The Hall–Kier alpha value is -0.430. The van der Waals surface area contributed by atoms with Crippen molar-refractivity contribution in [1.82, 2.24) is 14.8 Å². The van der Waals surface area contributed by atoms with Gasteiger partial charge in [0.2, 0.25) is 0 Å². The zero-order chi connectivity index (χ0) is 11.9. The van der Waals surface area contributed by atoms with Crippen molar-refractivity contribution in [1.29, 1.82) is 0 Å². The SMILES string of the molecule is CCCNS(=O)(=O)NCCC1=CCNCC1. The van der Waals surface area contributed by atoms with Gasteiger partial charge in [0.1, 0.15) is 0 Å². The quantitative estimate of drug-likeness (QED) is 0.560. The van der Waals surface area contributed by atoms with Crippen LogP contribution in [0.5, 0.6) is 0 Å². The summed E-state index contributed by atoms with van der Waals surface area (Å²) < 4.78 is 27.8. The first kappa shape index (κ1) is 13.6. The second kappa shape index (κ2) is 7.01. The van der Waals surface area contributed by atoms with E-state index in [1.165, 1.54) is 5.57 Å². The summed E-state index contributed by atoms with van der Waals surface area (Å²) in [5.74, 6) is 0. The fourth-order valence-electron chi connectivity index (χ4n) is 1.53. The number of hydrogen-bond acceptors (Lipinski definition) is 3. The standard InChI is InChI=1S/C10H21N3O2S/c1-2-6-12-16(14,15)13-9-5-10-3-7-11-8-4-10/h3,11-13H,2,4-9H2,1H3. The van der Waals surface area contributed by atoms with E-state index >= 15 is 0 Å². The molecule has 94 valence electrons. The third kappa shape index (κ3) is 5.60. The van der Waals surface area contributed by atoms with Crippen LogP contribution in [0.25, 0.3) is 0 Å². The van der Waals surface area contributed by atoms with Gasteiger partial charge in [-0.25, -0.2) is 9.44 Å². The maximum absolute atomic E-state index is 11.4. The predicted molar refractivity (Wildman–Crippen MR) is 65.4 cm³/mol. The molecule has 0 saturated carbocycles. The molecule has 1 rings (SSSR count). The summed E-state index contributed by atoms with van der Waals surface area (Å²) in [6.45, 7) is 4.79. The fraction of sp³-hybridized carbons (Fsp3) is 0.800. The van der Waals surface area contributed by atoms with Gasteiger partial charge in [-0.2, -0.15) is 8.42 Å². The second-order valence-corrected chi connectivity index (χ2v) is 5.44. The van der Waals surface area contributed by atoms with Crippen LogP contribution in [0.1, 0.15) is 26.2 Å². The molecule has 0 aromatic carbocycles. The molecule has 0 aliphatic carbocycles. The van der Waals surface area contributed by atoms with E-state index < -0.39 is 10.2 Å². The van der Waals surface area contributed by atoms with Crippen LogP contribution in [0, 0.1) is 0 Å². The van der Waals surface area contributed by atoms with Crippen LogP contribution in [0.4, 0.5) is 0 Å². The lowest BCUT2D eigenvalue weighted by Crippen LogP contribution is -2.37. The van der Waals surface area contributed by atoms with E-state index in [2.05, 4.69) is 20.8 Å². The molecule has 6 heteroatoms. The first-order valence-corrected chi connectivity index (χ1v) is 7.25. The lowest BCUT2D eigenvalue weighted by atomic mass is 10.1. The summed E-state index contributed by atoms with van der Waals surface area (Å²) in [7, 11) is -3.29. The largest absolute Gasteiger partial charge is 0.313 e. The summed E-state index contributed by atoms with van der Waals surface area (Å²) in [6, 6.07) is 0. The van der Waals surface area contributed by atoms with Crippen LogP contribution in [-0.4, -0.2) is 34.6 Å². The van der Waals surface area contributed by atoms with Crippen molar-refractivity contribution in [2.24, 2.45) is 0 Å². The van der Waals surface area contributed by atoms with E-state index in [1.807, 2.05) is 6.92 Å². The molecule has 5 nitrogen and oxygen atoms in total. The first-order chi connectivity index (χ1) is 7.64. The molecule has 0 radical (unpaired) electrons. The first-order valence-electron chi connectivity index (χ1n) is 5.77. The lowest BCUT2D eigenvalue weighted by Gasteiger charge is -2.14. The zero-order valence-corrected chi connectivity index (χ0v) is 10.6. The molecule has 0 aromatic rings. The van der Waals surface area contributed by atoms with Crippen molar-refractivity contribution in [3.8, 4) is 0 Å². The Balaban J connectivity index is 2.21. The van der Waals surface area contributed by atoms with Gasteiger partial charge in [-0.3, -0.25) is 0 Å². The van der Waals surface area contributed by atoms with Crippen molar-refractivity contribution in [3.05, 3.63) is 11.6 Å². The van der Waals surface area contributed by atoms with E-state index in [9.17, 15) is 8.42 Å². The summed E-state index contributed by atoms with van der Waals surface area (Å²) in [6.07, 6.45) is 4.76. The summed E-state index contributed by atoms with van der Waals surface area (Å²) in [4.78, 5) is 0. The fourth-order valence-corrected chi connectivity index (χ4v) is 2.48. The molecule has 0 saturated heterocycles. The highest BCUT2D eigenvalue weighted by Gasteiger charge is 2.08. The van der Waals surface area contributed by atoms with Gasteiger partial charge in [-0.1, -0.05) is 18.6 Å². The van der Waals surface area contributed by atoms with E-state index in [1.54, 1.807) is 0 Å². The third-order valence-electron chi connectivity index (χ3n) is 2.44. The molecule has 3 N–H and O–H groups in total. The highest BCUT2D eigenvalue weighted by molar-refractivity contribution is 7.87. The number of nitrogens with one attached hydrogen (secondary N) is 3. The van der Waals surface area contributed by atoms with Crippen LogP contribution < -0.4 is 14.8 Å². The van der Waals surface area contributed by atoms with E-state index in [0.717, 1.165) is 32.4 Å². The van der Waals surface area contributed by atoms with Gasteiger partial charge >= 0.3 is 0 Å². The van der Waals surface area contributed by atoms with E-state index in [-0.39, 0.29) is 0 Å². The average Bonchev–Trinajstić information content (AvgIpc) is 2.28. The molecular formula is C10H21N3O2S. The zero-order valence-electron chi connectivity index (χ0n) is 9.75. The Kier molecular flexibility index (Phi) is 5.97. The topological polar surface area (TPSA) is 70.2 Å². The average molecular weight is 247 g/mol. The van der Waals surface area contributed by atoms with Gasteiger partial charge in [0.25, 0.3) is 10.2 Å². The Morgan fingerprint density at radius 3 is 2.75 bits per heavy atom. The Labute approximate surface area is 97.9 Å². The predicted octanol–water partition coefficient (Wildman–Crippen LogP) is 0.130. The van der Waals surface area contributed by atoms with Crippen LogP contribution >= 0.6 is 0 Å². The molecular weight excluding hydrogens is 226 g/mol. The summed E-state index contributed by atoms with van der Waals surface area (Å²) in [5, 5.41) is 3.22. The van der Waals surface area contributed by atoms with Gasteiger partial charge in [0, 0.05) is 19.6 Å². The molecule has 1 aliphatic rings. The van der Waals surface area contributed by atoms with Gasteiger partial charge in [-0.15, -0.1) is 0 Å². The minimum absolute atomic E-state index is 0.477. The van der Waals surface area contributed by atoms with Gasteiger partial charge in [0.15, 0.2) is 0 Å². The number of rotatable bonds is 7. The Morgan fingerprint density at radius 2 is 2.12 bits per heavy atom. The molecule has 0 bridgehead atoms. The molecule has 0 atom stereocenters. The molecule has 0 fully saturated rings. The van der Waals surface area contributed by atoms with Crippen LogP contribution in [0.15, 0.2) is 11.6 Å². The highest BCUT2D eigenvalue weighted by atomic mass is 32.2. The Bertz CT molecular complexity index is 325. The van der Waals surface area contributed by atoms with Crippen molar-refractivity contribution in [3.63, 3.8) is 0 Å². The van der Waals surface area contributed by atoms with Crippen LogP contribution in [0.2, 0.25) is 0 Å². The molecule has 0 unspecified atom stereocenters. The second-order valence-electron chi connectivity index (χ2n) is 3.86. The lowest BCUT2D eigenvalue weighted by molar-refractivity contribution is 0.564. The molecule has 1 heterocycles. The van der Waals surface area contributed by atoms with Gasteiger partial charge in [0.05, 0.1) is 0 Å².